The van der Waals surface area contributed by atoms with E-state index in [0.717, 1.165) is 50.8 Å². The van der Waals surface area contributed by atoms with Gasteiger partial charge in [-0.25, -0.2) is 0 Å². The van der Waals surface area contributed by atoms with E-state index in [1.54, 1.807) is 0 Å². The monoisotopic (exact) mass is 387 g/mol. The summed E-state index contributed by atoms with van der Waals surface area (Å²) in [5.74, 6) is 1.78. The van der Waals surface area contributed by atoms with Crippen molar-refractivity contribution in [1.82, 2.24) is 15.5 Å². The Hall–Kier alpha value is -1.59. The number of hydrogen-bond acceptors (Lipinski definition) is 4. The summed E-state index contributed by atoms with van der Waals surface area (Å²) in [6, 6.07) is 16.7. The highest BCUT2D eigenvalue weighted by atomic mass is 35.5. The molecule has 2 aromatic rings. The molecule has 2 aliphatic rings. The van der Waals surface area contributed by atoms with Gasteiger partial charge >= 0.3 is 0 Å². The van der Waals surface area contributed by atoms with Gasteiger partial charge in [-0.15, -0.1) is 12.4 Å². The Morgan fingerprint density at radius 1 is 0.926 bits per heavy atom. The minimum atomic E-state index is 0. The van der Waals surface area contributed by atoms with Gasteiger partial charge in [-0.2, -0.15) is 0 Å². The number of piperazine rings is 1. The van der Waals surface area contributed by atoms with Crippen LogP contribution in [0, 0.1) is 6.92 Å². The van der Waals surface area contributed by atoms with Crippen LogP contribution in [0.25, 0.3) is 0 Å². The number of benzene rings is 2. The van der Waals surface area contributed by atoms with Crippen molar-refractivity contribution >= 4 is 12.4 Å². The Bertz CT molecular complexity index is 701. The normalized spacial score (nSPS) is 19.4. The van der Waals surface area contributed by atoms with Crippen LogP contribution in [-0.2, 0) is 6.54 Å². The van der Waals surface area contributed by atoms with E-state index in [9.17, 15) is 0 Å². The second-order valence-electron chi connectivity index (χ2n) is 7.72. The number of nitrogens with zero attached hydrogens (tertiary/aromatic N) is 1. The van der Waals surface area contributed by atoms with Crippen LogP contribution in [0.1, 0.15) is 24.0 Å². The minimum Gasteiger partial charge on any atom is -0.457 e. The predicted octanol–water partition coefficient (Wildman–Crippen LogP) is 3.74. The molecule has 2 heterocycles. The molecule has 0 saturated carbocycles. The molecule has 4 rings (SSSR count). The molecular formula is C22H30ClN3O. The van der Waals surface area contributed by atoms with Crippen molar-refractivity contribution < 1.29 is 4.74 Å². The van der Waals surface area contributed by atoms with Crippen molar-refractivity contribution in [3.8, 4) is 11.5 Å². The topological polar surface area (TPSA) is 36.5 Å². The van der Waals surface area contributed by atoms with E-state index < -0.39 is 0 Å². The van der Waals surface area contributed by atoms with Crippen LogP contribution >= 0.6 is 12.4 Å². The lowest BCUT2D eigenvalue weighted by Gasteiger charge is -2.45. The van der Waals surface area contributed by atoms with E-state index in [1.165, 1.54) is 24.0 Å². The Labute approximate surface area is 168 Å². The number of piperidine rings is 1. The Balaban J connectivity index is 0.00000210. The molecule has 146 valence electrons. The second kappa shape index (κ2) is 9.07. The summed E-state index contributed by atoms with van der Waals surface area (Å²) in [6.45, 7) is 8.75. The molecule has 2 fully saturated rings. The number of rotatable bonds is 4. The lowest BCUT2D eigenvalue weighted by atomic mass is 9.86. The van der Waals surface area contributed by atoms with Gasteiger partial charge in [0.25, 0.3) is 0 Å². The molecule has 2 aromatic carbocycles. The fourth-order valence-corrected chi connectivity index (χ4v) is 3.96. The number of halogens is 1. The van der Waals surface area contributed by atoms with Gasteiger partial charge in [0.2, 0.25) is 0 Å². The standard InChI is InChI=1S/C22H29N3O.ClH/c1-18-2-6-20(7-3-18)26-21-8-4-19(5-9-21)16-25-14-10-22(11-15-25)17-23-12-13-24-22;/h2-9,23-24H,10-17H2,1H3;1H. The van der Waals surface area contributed by atoms with E-state index in [1.807, 2.05) is 12.1 Å². The third kappa shape index (κ3) is 5.23. The highest BCUT2D eigenvalue weighted by Crippen LogP contribution is 2.25. The molecule has 4 nitrogen and oxygen atoms in total. The van der Waals surface area contributed by atoms with E-state index in [2.05, 4.69) is 58.9 Å². The maximum Gasteiger partial charge on any atom is 0.127 e. The largest absolute Gasteiger partial charge is 0.457 e. The van der Waals surface area contributed by atoms with Crippen LogP contribution in [0.2, 0.25) is 0 Å². The summed E-state index contributed by atoms with van der Waals surface area (Å²) in [7, 11) is 0. The van der Waals surface area contributed by atoms with Gasteiger partial charge in [-0.3, -0.25) is 4.90 Å². The van der Waals surface area contributed by atoms with Gasteiger partial charge in [0.1, 0.15) is 11.5 Å². The fourth-order valence-electron chi connectivity index (χ4n) is 3.96. The van der Waals surface area contributed by atoms with Crippen molar-refractivity contribution in [3.63, 3.8) is 0 Å². The van der Waals surface area contributed by atoms with Crippen LogP contribution in [0.3, 0.4) is 0 Å². The first-order valence-electron chi connectivity index (χ1n) is 9.72. The van der Waals surface area contributed by atoms with Crippen LogP contribution in [0.4, 0.5) is 0 Å². The van der Waals surface area contributed by atoms with Crippen molar-refractivity contribution in [3.05, 3.63) is 59.7 Å². The lowest BCUT2D eigenvalue weighted by Crippen LogP contribution is -2.63. The van der Waals surface area contributed by atoms with Crippen LogP contribution in [-0.4, -0.2) is 43.2 Å². The van der Waals surface area contributed by atoms with E-state index >= 15 is 0 Å². The molecule has 2 aliphatic heterocycles. The summed E-state index contributed by atoms with van der Waals surface area (Å²) < 4.78 is 5.92. The summed E-state index contributed by atoms with van der Waals surface area (Å²) in [5.41, 5.74) is 2.93. The third-order valence-electron chi connectivity index (χ3n) is 5.66. The highest BCUT2D eigenvalue weighted by Gasteiger charge is 2.35. The maximum absolute atomic E-state index is 5.92. The Morgan fingerprint density at radius 2 is 1.56 bits per heavy atom. The van der Waals surface area contributed by atoms with Gasteiger partial charge in [-0.1, -0.05) is 29.8 Å². The predicted molar refractivity (Wildman–Crippen MR) is 113 cm³/mol. The van der Waals surface area contributed by atoms with Gasteiger partial charge in [0, 0.05) is 44.8 Å². The lowest BCUT2D eigenvalue weighted by molar-refractivity contribution is 0.116. The molecule has 0 radical (unpaired) electrons. The summed E-state index contributed by atoms with van der Waals surface area (Å²) >= 11 is 0. The summed E-state index contributed by atoms with van der Waals surface area (Å²) in [5, 5.41) is 7.29. The molecule has 0 unspecified atom stereocenters. The molecule has 0 atom stereocenters. The summed E-state index contributed by atoms with van der Waals surface area (Å²) in [4.78, 5) is 2.57. The highest BCUT2D eigenvalue weighted by molar-refractivity contribution is 5.85. The number of ether oxygens (including phenoxy) is 1. The Kier molecular flexibility index (Phi) is 6.77. The van der Waals surface area contributed by atoms with Crippen molar-refractivity contribution in [1.29, 1.82) is 0 Å². The zero-order chi connectivity index (χ0) is 17.8. The molecule has 0 aliphatic carbocycles. The molecule has 27 heavy (non-hydrogen) atoms. The van der Waals surface area contributed by atoms with E-state index in [-0.39, 0.29) is 12.4 Å². The maximum atomic E-state index is 5.92. The van der Waals surface area contributed by atoms with Crippen LogP contribution < -0.4 is 15.4 Å². The first-order chi connectivity index (χ1) is 12.7. The van der Waals surface area contributed by atoms with Crippen molar-refractivity contribution in [2.75, 3.05) is 32.7 Å². The fraction of sp³-hybridized carbons (Fsp3) is 0.455. The molecule has 1 spiro atoms. The van der Waals surface area contributed by atoms with E-state index in [4.69, 9.17) is 4.74 Å². The van der Waals surface area contributed by atoms with Crippen molar-refractivity contribution in [2.24, 2.45) is 0 Å². The van der Waals surface area contributed by atoms with Crippen LogP contribution in [0.15, 0.2) is 48.5 Å². The number of nitrogens with one attached hydrogen (secondary N) is 2. The number of aryl methyl sites for hydroxylation is 1. The van der Waals surface area contributed by atoms with Gasteiger partial charge in [0.15, 0.2) is 0 Å². The minimum absolute atomic E-state index is 0. The average Bonchev–Trinajstić information content (AvgIpc) is 2.68. The molecule has 2 saturated heterocycles. The zero-order valence-electron chi connectivity index (χ0n) is 16.0. The zero-order valence-corrected chi connectivity index (χ0v) is 16.9. The van der Waals surface area contributed by atoms with Crippen LogP contribution in [0.5, 0.6) is 11.5 Å². The molecular weight excluding hydrogens is 358 g/mol. The molecule has 2 N–H and O–H groups in total. The Morgan fingerprint density at radius 3 is 2.15 bits per heavy atom. The quantitative estimate of drug-likeness (QED) is 0.838. The first kappa shape index (κ1) is 20.2. The SMILES string of the molecule is Cc1ccc(Oc2ccc(CN3CCC4(CC3)CNCCN4)cc2)cc1.Cl. The van der Waals surface area contributed by atoms with E-state index in [0.29, 0.717) is 5.54 Å². The molecule has 5 heteroatoms. The first-order valence-corrected chi connectivity index (χ1v) is 9.72. The molecule has 0 amide bonds. The second-order valence-corrected chi connectivity index (χ2v) is 7.72. The van der Waals surface area contributed by atoms with Gasteiger partial charge in [0.05, 0.1) is 0 Å². The molecule has 0 aromatic heterocycles. The van der Waals surface area contributed by atoms with Crippen molar-refractivity contribution in [2.45, 2.75) is 31.8 Å². The smallest absolute Gasteiger partial charge is 0.127 e. The van der Waals surface area contributed by atoms with Gasteiger partial charge < -0.3 is 15.4 Å². The van der Waals surface area contributed by atoms with Gasteiger partial charge in [-0.05, 0) is 49.6 Å². The number of likely N-dealkylation sites (tertiary alicyclic amines) is 1. The third-order valence-corrected chi connectivity index (χ3v) is 5.66. The number of hydrogen-bond donors (Lipinski definition) is 2. The summed E-state index contributed by atoms with van der Waals surface area (Å²) in [6.07, 6.45) is 2.46. The average molecular weight is 388 g/mol. The molecule has 0 bridgehead atoms.